The van der Waals surface area contributed by atoms with Crippen molar-refractivity contribution in [3.05, 3.63) is 52.5 Å². The normalized spacial score (nSPS) is 12.8. The first-order valence-electron chi connectivity index (χ1n) is 10.4. The van der Waals surface area contributed by atoms with Gasteiger partial charge in [0.15, 0.2) is 18.1 Å². The Hall–Kier alpha value is -3.59. The minimum Gasteiger partial charge on any atom is -0.490 e. The first kappa shape index (κ1) is 24.1. The van der Waals surface area contributed by atoms with Crippen LogP contribution in [-0.4, -0.2) is 43.2 Å². The summed E-state index contributed by atoms with van der Waals surface area (Å²) in [5.74, 6) is -1.11. The predicted molar refractivity (Wildman–Crippen MR) is 125 cm³/mol. The van der Waals surface area contributed by atoms with Gasteiger partial charge >= 0.3 is 11.8 Å². The summed E-state index contributed by atoms with van der Waals surface area (Å²) in [6.07, 6.45) is 3.15. The average molecular weight is 473 g/mol. The molecule has 2 aromatic carbocycles. The molecule has 3 amide bonds. The highest BCUT2D eigenvalue weighted by Crippen LogP contribution is 2.28. The number of ether oxygens (including phenoxy) is 2. The van der Waals surface area contributed by atoms with E-state index in [4.69, 9.17) is 21.1 Å². The number of nitrogens with one attached hydrogen (secondary N) is 3. The Morgan fingerprint density at radius 2 is 1.88 bits per heavy atom. The molecule has 1 aliphatic carbocycles. The van der Waals surface area contributed by atoms with Gasteiger partial charge < -0.3 is 20.1 Å². The topological polar surface area (TPSA) is 118 Å². The number of hydrogen-bond donors (Lipinski definition) is 3. The van der Waals surface area contributed by atoms with E-state index < -0.39 is 11.8 Å². The quantitative estimate of drug-likeness (QED) is 0.294. The smallest absolute Gasteiger partial charge is 0.329 e. The second-order valence-electron chi connectivity index (χ2n) is 7.39. The number of hydrogen-bond acceptors (Lipinski definition) is 6. The van der Waals surface area contributed by atoms with Crippen LogP contribution in [0.15, 0.2) is 41.5 Å². The largest absolute Gasteiger partial charge is 0.490 e. The molecule has 33 heavy (non-hydrogen) atoms. The van der Waals surface area contributed by atoms with Crippen LogP contribution in [-0.2, 0) is 14.4 Å². The Labute approximate surface area is 196 Å². The Morgan fingerprint density at radius 1 is 1.09 bits per heavy atom. The van der Waals surface area contributed by atoms with E-state index in [9.17, 15) is 14.4 Å². The van der Waals surface area contributed by atoms with Gasteiger partial charge in [-0.3, -0.25) is 14.4 Å². The van der Waals surface area contributed by atoms with Crippen molar-refractivity contribution in [3.8, 4) is 11.5 Å². The number of rotatable bonds is 9. The van der Waals surface area contributed by atoms with Crippen LogP contribution in [0.5, 0.6) is 11.5 Å². The molecule has 0 radical (unpaired) electrons. The molecule has 0 heterocycles. The van der Waals surface area contributed by atoms with Crippen molar-refractivity contribution >= 4 is 41.2 Å². The van der Waals surface area contributed by atoms with Crippen LogP contribution in [0, 0.1) is 6.92 Å². The lowest BCUT2D eigenvalue weighted by molar-refractivity contribution is -0.139. The number of halogens is 1. The number of carbonyl (C=O) groups excluding carboxylic acids is 3. The van der Waals surface area contributed by atoms with Gasteiger partial charge in [0, 0.05) is 16.8 Å². The van der Waals surface area contributed by atoms with Gasteiger partial charge in [-0.05, 0) is 68.1 Å². The molecule has 10 heteroatoms. The minimum absolute atomic E-state index is 0.0882. The molecule has 0 bridgehead atoms. The van der Waals surface area contributed by atoms with Gasteiger partial charge in [0.2, 0.25) is 0 Å². The summed E-state index contributed by atoms with van der Waals surface area (Å²) in [5, 5.41) is 9.66. The minimum atomic E-state index is -0.830. The van der Waals surface area contributed by atoms with Gasteiger partial charge in [0.05, 0.1) is 12.8 Å². The number of benzene rings is 2. The Bertz CT molecular complexity index is 1070. The lowest BCUT2D eigenvalue weighted by atomic mass is 10.2. The van der Waals surface area contributed by atoms with Crippen LogP contribution in [0.25, 0.3) is 0 Å². The van der Waals surface area contributed by atoms with Gasteiger partial charge in [-0.25, -0.2) is 5.43 Å². The van der Waals surface area contributed by atoms with Crippen LogP contribution in [0.2, 0.25) is 5.02 Å². The molecule has 174 valence electrons. The maximum absolute atomic E-state index is 12.2. The van der Waals surface area contributed by atoms with Crippen molar-refractivity contribution in [1.82, 2.24) is 10.7 Å². The molecule has 2 aromatic rings. The molecule has 3 N–H and O–H groups in total. The SMILES string of the molecule is CCOc1cc(/C=N\NC(=O)C(=O)NC2CC2)ccc1OCC(=O)Nc1ccc(C)c(Cl)c1. The van der Waals surface area contributed by atoms with E-state index in [-0.39, 0.29) is 18.6 Å². The van der Waals surface area contributed by atoms with Gasteiger partial charge in [-0.15, -0.1) is 0 Å². The number of anilines is 1. The molecule has 0 saturated heterocycles. The Balaban J connectivity index is 1.55. The highest BCUT2D eigenvalue weighted by molar-refractivity contribution is 6.35. The number of aryl methyl sites for hydroxylation is 1. The van der Waals surface area contributed by atoms with Crippen molar-refractivity contribution < 1.29 is 23.9 Å². The van der Waals surface area contributed by atoms with Crippen molar-refractivity contribution in [2.75, 3.05) is 18.5 Å². The molecule has 0 unspecified atom stereocenters. The molecule has 0 spiro atoms. The molecule has 1 fully saturated rings. The third-order valence-corrected chi connectivity index (χ3v) is 4.99. The summed E-state index contributed by atoms with van der Waals surface area (Å²) < 4.78 is 11.2. The maximum atomic E-state index is 12.2. The summed E-state index contributed by atoms with van der Waals surface area (Å²) in [7, 11) is 0. The molecule has 0 aromatic heterocycles. The van der Waals surface area contributed by atoms with Gasteiger partial charge in [-0.1, -0.05) is 17.7 Å². The third-order valence-electron chi connectivity index (χ3n) is 4.58. The van der Waals surface area contributed by atoms with Crippen molar-refractivity contribution in [3.63, 3.8) is 0 Å². The standard InChI is InChI=1S/C23H25ClN4O5/c1-3-32-20-10-15(12-25-28-23(31)22(30)27-16-7-8-16)5-9-19(20)33-13-21(29)26-17-6-4-14(2)18(24)11-17/h4-6,9-12,16H,3,7-8,13H2,1-2H3,(H,26,29)(H,27,30)(H,28,31)/b25-12-. The lowest BCUT2D eigenvalue weighted by Crippen LogP contribution is -2.38. The first-order chi connectivity index (χ1) is 15.9. The highest BCUT2D eigenvalue weighted by Gasteiger charge is 2.26. The van der Waals surface area contributed by atoms with Crippen LogP contribution in [0.1, 0.15) is 30.9 Å². The zero-order valence-corrected chi connectivity index (χ0v) is 19.1. The molecule has 1 aliphatic rings. The predicted octanol–water partition coefficient (Wildman–Crippen LogP) is 2.79. The van der Waals surface area contributed by atoms with Crippen molar-refractivity contribution in [2.45, 2.75) is 32.7 Å². The summed E-state index contributed by atoms with van der Waals surface area (Å²) in [6, 6.07) is 10.3. The zero-order valence-electron chi connectivity index (χ0n) is 18.3. The lowest BCUT2D eigenvalue weighted by Gasteiger charge is -2.13. The van der Waals surface area contributed by atoms with Gasteiger partial charge in [0.25, 0.3) is 5.91 Å². The second kappa shape index (κ2) is 11.3. The van der Waals surface area contributed by atoms with E-state index in [1.54, 1.807) is 30.3 Å². The number of amides is 3. The third kappa shape index (κ3) is 7.50. The fraction of sp³-hybridized carbons (Fsp3) is 0.304. The Morgan fingerprint density at radius 3 is 2.58 bits per heavy atom. The summed E-state index contributed by atoms with van der Waals surface area (Å²) in [4.78, 5) is 35.6. The number of hydrazone groups is 1. The molecule has 9 nitrogen and oxygen atoms in total. The van der Waals surface area contributed by atoms with Crippen molar-refractivity contribution in [2.24, 2.45) is 5.10 Å². The Kier molecular flexibility index (Phi) is 8.26. The molecule has 1 saturated carbocycles. The zero-order chi connectivity index (χ0) is 23.8. The van der Waals surface area contributed by atoms with Crippen LogP contribution in [0.3, 0.4) is 0 Å². The van der Waals surface area contributed by atoms with Gasteiger partial charge in [-0.2, -0.15) is 5.10 Å². The summed E-state index contributed by atoms with van der Waals surface area (Å²) >= 11 is 6.08. The molecule has 0 aliphatic heterocycles. The van der Waals surface area contributed by atoms with Crippen LogP contribution >= 0.6 is 11.6 Å². The fourth-order valence-electron chi connectivity index (χ4n) is 2.70. The molecule has 0 atom stereocenters. The monoisotopic (exact) mass is 472 g/mol. The average Bonchev–Trinajstić information content (AvgIpc) is 3.60. The fourth-order valence-corrected chi connectivity index (χ4v) is 2.88. The maximum Gasteiger partial charge on any atom is 0.329 e. The van der Waals surface area contributed by atoms with Crippen LogP contribution in [0.4, 0.5) is 5.69 Å². The van der Waals surface area contributed by atoms with E-state index in [0.717, 1.165) is 18.4 Å². The van der Waals surface area contributed by atoms with E-state index in [0.29, 0.717) is 34.4 Å². The van der Waals surface area contributed by atoms with E-state index >= 15 is 0 Å². The summed E-state index contributed by atoms with van der Waals surface area (Å²) in [6.45, 7) is 3.84. The first-order valence-corrected chi connectivity index (χ1v) is 10.8. The number of nitrogens with zero attached hydrogens (tertiary/aromatic N) is 1. The molecule has 3 rings (SSSR count). The number of carbonyl (C=O) groups is 3. The molecular formula is C23H25ClN4O5. The van der Waals surface area contributed by atoms with E-state index in [1.807, 2.05) is 19.9 Å². The highest BCUT2D eigenvalue weighted by atomic mass is 35.5. The molecular weight excluding hydrogens is 448 g/mol. The van der Waals surface area contributed by atoms with Gasteiger partial charge in [0.1, 0.15) is 0 Å². The van der Waals surface area contributed by atoms with E-state index in [2.05, 4.69) is 21.2 Å². The summed E-state index contributed by atoms with van der Waals surface area (Å²) in [5.41, 5.74) is 4.28. The van der Waals surface area contributed by atoms with Crippen molar-refractivity contribution in [1.29, 1.82) is 0 Å². The van der Waals surface area contributed by atoms with Crippen LogP contribution < -0.4 is 25.5 Å². The second-order valence-corrected chi connectivity index (χ2v) is 7.79. The van der Waals surface area contributed by atoms with E-state index in [1.165, 1.54) is 6.21 Å².